The Balaban J connectivity index is 1.99. The van der Waals surface area contributed by atoms with E-state index >= 15 is 0 Å². The number of nitrogens with zero attached hydrogens (tertiary/aromatic N) is 2. The first-order chi connectivity index (χ1) is 6.38. The van der Waals surface area contributed by atoms with Crippen molar-refractivity contribution in [1.82, 2.24) is 10.1 Å². The summed E-state index contributed by atoms with van der Waals surface area (Å²) in [6.07, 6.45) is 3.45. The van der Waals surface area contributed by atoms with E-state index in [0.717, 1.165) is 19.4 Å². The summed E-state index contributed by atoms with van der Waals surface area (Å²) in [4.78, 5) is 3.93. The second-order valence-corrected chi connectivity index (χ2v) is 3.29. The van der Waals surface area contributed by atoms with Gasteiger partial charge in [-0.3, -0.25) is 0 Å². The van der Waals surface area contributed by atoms with Gasteiger partial charge in [0.05, 0.1) is 12.6 Å². The molecular weight excluding hydrogens is 170 g/mol. The zero-order valence-corrected chi connectivity index (χ0v) is 7.35. The van der Waals surface area contributed by atoms with E-state index in [1.54, 1.807) is 0 Å². The van der Waals surface area contributed by atoms with E-state index in [-0.39, 0.29) is 6.04 Å². The van der Waals surface area contributed by atoms with Gasteiger partial charge in [-0.1, -0.05) is 5.16 Å². The minimum atomic E-state index is -0.154. The van der Waals surface area contributed by atoms with Crippen LogP contribution in [0.3, 0.4) is 0 Å². The normalized spacial score (nSPS) is 25.8. The smallest absolute Gasteiger partial charge is 0.213 e. The summed E-state index contributed by atoms with van der Waals surface area (Å²) in [5, 5.41) is 3.72. The average molecular weight is 183 g/mol. The lowest BCUT2D eigenvalue weighted by molar-refractivity contribution is 0.0433. The SMILES string of the molecule is NC(c1ncon1)C1CCCOC1. The molecule has 1 aromatic heterocycles. The number of hydrogen-bond donors (Lipinski definition) is 1. The Kier molecular flexibility index (Phi) is 2.56. The standard InChI is InChI=1S/C8H13N3O2/c9-7(8-10-5-13-11-8)6-2-1-3-12-4-6/h5-7H,1-4,9H2. The summed E-state index contributed by atoms with van der Waals surface area (Å²) in [5.74, 6) is 0.904. The highest BCUT2D eigenvalue weighted by Gasteiger charge is 2.25. The maximum atomic E-state index is 5.95. The molecule has 2 unspecified atom stereocenters. The third-order valence-electron chi connectivity index (χ3n) is 2.38. The van der Waals surface area contributed by atoms with Gasteiger partial charge in [0.25, 0.3) is 0 Å². The third kappa shape index (κ3) is 1.87. The van der Waals surface area contributed by atoms with Crippen LogP contribution in [-0.2, 0) is 4.74 Å². The van der Waals surface area contributed by atoms with Gasteiger partial charge in [-0.15, -0.1) is 0 Å². The van der Waals surface area contributed by atoms with Crippen LogP contribution in [0.15, 0.2) is 10.9 Å². The Morgan fingerprint density at radius 2 is 2.54 bits per heavy atom. The summed E-state index contributed by atoms with van der Waals surface area (Å²) in [5.41, 5.74) is 5.95. The van der Waals surface area contributed by atoms with Gasteiger partial charge >= 0.3 is 0 Å². The molecule has 1 aliphatic rings. The fraction of sp³-hybridized carbons (Fsp3) is 0.750. The van der Waals surface area contributed by atoms with Crippen molar-refractivity contribution in [3.8, 4) is 0 Å². The van der Waals surface area contributed by atoms with Crippen LogP contribution in [0.2, 0.25) is 0 Å². The highest BCUT2D eigenvalue weighted by Crippen LogP contribution is 2.24. The molecule has 2 heterocycles. The summed E-state index contributed by atoms with van der Waals surface area (Å²) in [7, 11) is 0. The third-order valence-corrected chi connectivity index (χ3v) is 2.38. The highest BCUT2D eigenvalue weighted by molar-refractivity contribution is 4.92. The molecule has 2 rings (SSSR count). The van der Waals surface area contributed by atoms with E-state index in [1.807, 2.05) is 0 Å². The maximum Gasteiger partial charge on any atom is 0.213 e. The largest absolute Gasteiger partial charge is 0.381 e. The molecule has 1 aromatic rings. The van der Waals surface area contributed by atoms with Crippen molar-refractivity contribution in [2.24, 2.45) is 11.7 Å². The number of ether oxygens (including phenoxy) is 1. The topological polar surface area (TPSA) is 74.2 Å². The van der Waals surface area contributed by atoms with Gasteiger partial charge in [-0.25, -0.2) is 0 Å². The van der Waals surface area contributed by atoms with Crippen LogP contribution in [0.25, 0.3) is 0 Å². The van der Waals surface area contributed by atoms with Crippen LogP contribution in [0.5, 0.6) is 0 Å². The molecule has 0 saturated carbocycles. The van der Waals surface area contributed by atoms with Gasteiger partial charge in [0.1, 0.15) is 0 Å². The lowest BCUT2D eigenvalue weighted by atomic mass is 9.94. The van der Waals surface area contributed by atoms with E-state index in [9.17, 15) is 0 Å². The van der Waals surface area contributed by atoms with E-state index in [2.05, 4.69) is 14.7 Å². The molecule has 72 valence electrons. The summed E-state index contributed by atoms with van der Waals surface area (Å²) >= 11 is 0. The first-order valence-corrected chi connectivity index (χ1v) is 4.47. The number of aromatic nitrogens is 2. The minimum absolute atomic E-state index is 0.154. The van der Waals surface area contributed by atoms with Gasteiger partial charge in [-0.2, -0.15) is 4.98 Å². The van der Waals surface area contributed by atoms with Crippen molar-refractivity contribution >= 4 is 0 Å². The minimum Gasteiger partial charge on any atom is -0.381 e. The van der Waals surface area contributed by atoms with Crippen LogP contribution in [0, 0.1) is 5.92 Å². The maximum absolute atomic E-state index is 5.95. The monoisotopic (exact) mass is 183 g/mol. The van der Waals surface area contributed by atoms with Crippen LogP contribution >= 0.6 is 0 Å². The second kappa shape index (κ2) is 3.85. The van der Waals surface area contributed by atoms with Crippen molar-refractivity contribution in [3.63, 3.8) is 0 Å². The molecule has 2 N–H and O–H groups in total. The van der Waals surface area contributed by atoms with Gasteiger partial charge in [0, 0.05) is 12.5 Å². The van der Waals surface area contributed by atoms with Gasteiger partial charge in [0.15, 0.2) is 5.82 Å². The predicted octanol–water partition coefficient (Wildman–Crippen LogP) is 0.496. The average Bonchev–Trinajstić information content (AvgIpc) is 2.71. The molecule has 0 amide bonds. The van der Waals surface area contributed by atoms with E-state index in [1.165, 1.54) is 6.39 Å². The fourth-order valence-electron chi connectivity index (χ4n) is 1.59. The zero-order valence-electron chi connectivity index (χ0n) is 7.35. The molecule has 1 aliphatic heterocycles. The molecular formula is C8H13N3O2. The van der Waals surface area contributed by atoms with Crippen molar-refractivity contribution in [1.29, 1.82) is 0 Å². The van der Waals surface area contributed by atoms with Gasteiger partial charge in [-0.05, 0) is 12.8 Å². The van der Waals surface area contributed by atoms with Crippen LogP contribution in [-0.4, -0.2) is 23.4 Å². The fourth-order valence-corrected chi connectivity index (χ4v) is 1.59. The lowest BCUT2D eigenvalue weighted by Crippen LogP contribution is -2.29. The van der Waals surface area contributed by atoms with E-state index in [0.29, 0.717) is 18.3 Å². The quantitative estimate of drug-likeness (QED) is 0.722. The first kappa shape index (κ1) is 8.65. The van der Waals surface area contributed by atoms with Crippen molar-refractivity contribution in [3.05, 3.63) is 12.2 Å². The first-order valence-electron chi connectivity index (χ1n) is 4.47. The molecule has 0 aliphatic carbocycles. The molecule has 13 heavy (non-hydrogen) atoms. The molecule has 0 spiro atoms. The zero-order chi connectivity index (χ0) is 9.10. The Hall–Kier alpha value is -0.940. The molecule has 0 aromatic carbocycles. The van der Waals surface area contributed by atoms with Gasteiger partial charge in [0.2, 0.25) is 6.39 Å². The van der Waals surface area contributed by atoms with Crippen LogP contribution < -0.4 is 5.73 Å². The molecule has 1 fully saturated rings. The molecule has 0 bridgehead atoms. The van der Waals surface area contributed by atoms with Gasteiger partial charge < -0.3 is 15.0 Å². The lowest BCUT2D eigenvalue weighted by Gasteiger charge is -2.25. The number of rotatable bonds is 2. The van der Waals surface area contributed by atoms with Crippen LogP contribution in [0.1, 0.15) is 24.7 Å². The number of nitrogens with two attached hydrogens (primary N) is 1. The molecule has 0 radical (unpaired) electrons. The molecule has 5 nitrogen and oxygen atoms in total. The Morgan fingerprint density at radius 3 is 3.15 bits per heavy atom. The van der Waals surface area contributed by atoms with Crippen molar-refractivity contribution in [2.45, 2.75) is 18.9 Å². The molecule has 1 saturated heterocycles. The van der Waals surface area contributed by atoms with Crippen molar-refractivity contribution < 1.29 is 9.26 Å². The summed E-state index contributed by atoms with van der Waals surface area (Å²) in [6, 6.07) is -0.154. The summed E-state index contributed by atoms with van der Waals surface area (Å²) < 4.78 is 9.98. The Bertz CT molecular complexity index is 244. The molecule has 2 atom stereocenters. The Morgan fingerprint density at radius 1 is 1.62 bits per heavy atom. The summed E-state index contributed by atoms with van der Waals surface area (Å²) in [6.45, 7) is 1.55. The van der Waals surface area contributed by atoms with Crippen molar-refractivity contribution in [2.75, 3.05) is 13.2 Å². The Labute approximate surface area is 76.3 Å². The molecule has 5 heteroatoms. The van der Waals surface area contributed by atoms with E-state index < -0.39 is 0 Å². The predicted molar refractivity (Wildman–Crippen MR) is 44.8 cm³/mol. The van der Waals surface area contributed by atoms with Crippen LogP contribution in [0.4, 0.5) is 0 Å². The number of hydrogen-bond acceptors (Lipinski definition) is 5. The van der Waals surface area contributed by atoms with E-state index in [4.69, 9.17) is 10.5 Å². The second-order valence-electron chi connectivity index (χ2n) is 3.29. The highest BCUT2D eigenvalue weighted by atomic mass is 16.5.